The van der Waals surface area contributed by atoms with Crippen LogP contribution in [0.2, 0.25) is 0 Å². The van der Waals surface area contributed by atoms with Crippen molar-refractivity contribution in [2.45, 2.75) is 24.4 Å². The van der Waals surface area contributed by atoms with E-state index >= 15 is 0 Å². The summed E-state index contributed by atoms with van der Waals surface area (Å²) in [6, 6.07) is 16.0. The van der Waals surface area contributed by atoms with E-state index in [1.807, 2.05) is 41.5 Å². The Morgan fingerprint density at radius 1 is 1.19 bits per heavy atom. The predicted molar refractivity (Wildman–Crippen MR) is 131 cm³/mol. The normalized spacial score (nSPS) is 16.5. The van der Waals surface area contributed by atoms with E-state index < -0.39 is 0 Å². The average molecular weight is 481 g/mol. The zero-order chi connectivity index (χ0) is 22.1. The maximum atomic E-state index is 5.76. The fourth-order valence-corrected chi connectivity index (χ4v) is 5.07. The molecule has 0 aliphatic carbocycles. The number of nitrogens with zero attached hydrogens (tertiary/aromatic N) is 3. The number of nitrogens with one attached hydrogen (secondary N) is 1. The van der Waals surface area contributed by atoms with Gasteiger partial charge in [-0.1, -0.05) is 23.4 Å². The smallest absolute Gasteiger partial charge is 0.258 e. The molecule has 5 rings (SSSR count). The second-order valence-corrected chi connectivity index (χ2v) is 9.43. The van der Waals surface area contributed by atoms with E-state index in [-0.39, 0.29) is 6.04 Å². The molecule has 162 valence electrons. The summed E-state index contributed by atoms with van der Waals surface area (Å²) in [5.74, 6) is 1.88. The van der Waals surface area contributed by atoms with Gasteiger partial charge in [0.25, 0.3) is 5.89 Å². The summed E-state index contributed by atoms with van der Waals surface area (Å²) in [7, 11) is 0. The van der Waals surface area contributed by atoms with Gasteiger partial charge in [0.1, 0.15) is 5.76 Å². The first kappa shape index (κ1) is 21.0. The van der Waals surface area contributed by atoms with Crippen LogP contribution in [0.5, 0.6) is 0 Å². The average Bonchev–Trinajstić information content (AvgIpc) is 3.59. The van der Waals surface area contributed by atoms with Crippen LogP contribution in [0.1, 0.15) is 30.2 Å². The largest absolute Gasteiger partial charge is 0.467 e. The molecule has 0 amide bonds. The van der Waals surface area contributed by atoms with E-state index in [0.717, 1.165) is 27.5 Å². The maximum absolute atomic E-state index is 5.76. The van der Waals surface area contributed by atoms with Crippen molar-refractivity contribution in [2.75, 3.05) is 6.26 Å². The van der Waals surface area contributed by atoms with Crippen molar-refractivity contribution in [1.29, 1.82) is 0 Å². The first-order chi connectivity index (χ1) is 15.6. The van der Waals surface area contributed by atoms with Gasteiger partial charge < -0.3 is 19.2 Å². The van der Waals surface area contributed by atoms with Crippen molar-refractivity contribution in [1.82, 2.24) is 20.4 Å². The van der Waals surface area contributed by atoms with Crippen LogP contribution in [-0.4, -0.2) is 26.4 Å². The number of thiophene rings is 1. The molecular formula is C23H20N4O2S3. The molecule has 1 unspecified atom stereocenters. The number of benzene rings is 1. The molecule has 3 aromatic heterocycles. The SMILES string of the molecule is CSc1ccc(C2NC(=S)N(Cc3ccco3)C(C)=C2c2nc(-c3cccs3)no2)cc1. The molecule has 0 radical (unpaired) electrons. The van der Waals surface area contributed by atoms with Gasteiger partial charge in [0.15, 0.2) is 5.11 Å². The zero-order valence-corrected chi connectivity index (χ0v) is 19.9. The van der Waals surface area contributed by atoms with Crippen molar-refractivity contribution in [2.24, 2.45) is 0 Å². The summed E-state index contributed by atoms with van der Waals surface area (Å²) in [6.45, 7) is 2.54. The number of aromatic nitrogens is 2. The molecule has 0 spiro atoms. The number of thiocarbonyl (C=S) groups is 1. The molecule has 1 aromatic carbocycles. The van der Waals surface area contributed by atoms with Gasteiger partial charge in [0.2, 0.25) is 5.82 Å². The number of furan rings is 1. The molecule has 0 bridgehead atoms. The quantitative estimate of drug-likeness (QED) is 0.267. The van der Waals surface area contributed by atoms with Crippen LogP contribution in [0.4, 0.5) is 0 Å². The molecule has 4 heterocycles. The summed E-state index contributed by atoms with van der Waals surface area (Å²) in [5.41, 5.74) is 2.93. The fourth-order valence-electron chi connectivity index (χ4n) is 3.69. The van der Waals surface area contributed by atoms with E-state index in [2.05, 4.69) is 41.0 Å². The lowest BCUT2D eigenvalue weighted by Crippen LogP contribution is -2.45. The minimum atomic E-state index is -0.206. The first-order valence-corrected chi connectivity index (χ1v) is 12.5. The minimum Gasteiger partial charge on any atom is -0.467 e. The summed E-state index contributed by atoms with van der Waals surface area (Å²) in [4.78, 5) is 8.90. The monoisotopic (exact) mass is 480 g/mol. The van der Waals surface area contributed by atoms with Gasteiger partial charge in [-0.2, -0.15) is 4.98 Å². The van der Waals surface area contributed by atoms with E-state index in [1.54, 1.807) is 29.4 Å². The van der Waals surface area contributed by atoms with E-state index in [9.17, 15) is 0 Å². The van der Waals surface area contributed by atoms with Crippen molar-refractivity contribution >= 4 is 46.0 Å². The Labute approximate surface area is 199 Å². The highest BCUT2D eigenvalue weighted by atomic mass is 32.2. The second kappa shape index (κ2) is 8.93. The highest BCUT2D eigenvalue weighted by molar-refractivity contribution is 7.98. The summed E-state index contributed by atoms with van der Waals surface area (Å²) >= 11 is 9.04. The van der Waals surface area contributed by atoms with E-state index in [0.29, 0.717) is 23.4 Å². The first-order valence-electron chi connectivity index (χ1n) is 9.97. The van der Waals surface area contributed by atoms with Gasteiger partial charge in [0.05, 0.1) is 29.3 Å². The number of rotatable bonds is 6. The Morgan fingerprint density at radius 2 is 2.03 bits per heavy atom. The molecule has 1 atom stereocenters. The summed E-state index contributed by atoms with van der Waals surface area (Å²) in [6.07, 6.45) is 3.73. The van der Waals surface area contributed by atoms with E-state index in [4.69, 9.17) is 26.1 Å². The Bertz CT molecular complexity index is 1240. The second-order valence-electron chi connectivity index (χ2n) is 7.22. The highest BCUT2D eigenvalue weighted by Gasteiger charge is 2.34. The molecule has 0 fully saturated rings. The van der Waals surface area contributed by atoms with Crippen LogP contribution in [0.25, 0.3) is 16.3 Å². The lowest BCUT2D eigenvalue weighted by Gasteiger charge is -2.37. The van der Waals surface area contributed by atoms with Gasteiger partial charge in [-0.3, -0.25) is 0 Å². The van der Waals surface area contributed by atoms with Gasteiger partial charge in [0, 0.05) is 10.6 Å². The number of hydrogen-bond donors (Lipinski definition) is 1. The fraction of sp³-hybridized carbons (Fsp3) is 0.174. The molecule has 32 heavy (non-hydrogen) atoms. The third-order valence-electron chi connectivity index (χ3n) is 5.34. The predicted octanol–water partition coefficient (Wildman–Crippen LogP) is 5.98. The lowest BCUT2D eigenvalue weighted by atomic mass is 9.95. The Hall–Kier alpha value is -2.88. The van der Waals surface area contributed by atoms with Crippen LogP contribution < -0.4 is 5.32 Å². The van der Waals surface area contributed by atoms with E-state index in [1.165, 1.54) is 4.90 Å². The van der Waals surface area contributed by atoms with Crippen molar-refractivity contribution in [3.8, 4) is 10.7 Å². The number of thioether (sulfide) groups is 1. The van der Waals surface area contributed by atoms with Crippen LogP contribution in [-0.2, 0) is 6.54 Å². The molecule has 4 aromatic rings. The molecule has 1 aliphatic heterocycles. The van der Waals surface area contributed by atoms with Crippen molar-refractivity contribution in [3.05, 3.63) is 83.1 Å². The number of allylic oxidation sites excluding steroid dienone is 1. The van der Waals surface area contributed by atoms with Gasteiger partial charge >= 0.3 is 0 Å². The van der Waals surface area contributed by atoms with Crippen LogP contribution in [0, 0.1) is 0 Å². The molecular weight excluding hydrogens is 460 g/mol. The number of hydrogen-bond acceptors (Lipinski definition) is 7. The molecule has 6 nitrogen and oxygen atoms in total. The van der Waals surface area contributed by atoms with Gasteiger partial charge in [-0.25, -0.2) is 0 Å². The van der Waals surface area contributed by atoms with Crippen LogP contribution in [0.15, 0.2) is 79.7 Å². The molecule has 0 saturated heterocycles. The topological polar surface area (TPSA) is 67.3 Å². The molecule has 1 aliphatic rings. The third-order valence-corrected chi connectivity index (χ3v) is 7.29. The Morgan fingerprint density at radius 3 is 2.72 bits per heavy atom. The van der Waals surface area contributed by atoms with Crippen molar-refractivity contribution < 1.29 is 8.94 Å². The van der Waals surface area contributed by atoms with Gasteiger partial charge in [-0.05, 0) is 66.7 Å². The highest BCUT2D eigenvalue weighted by Crippen LogP contribution is 2.38. The molecule has 1 N–H and O–H groups in total. The van der Waals surface area contributed by atoms with Crippen LogP contribution in [0.3, 0.4) is 0 Å². The molecule has 0 saturated carbocycles. The minimum absolute atomic E-state index is 0.206. The third kappa shape index (κ3) is 3.99. The van der Waals surface area contributed by atoms with Gasteiger partial charge in [-0.15, -0.1) is 23.1 Å². The zero-order valence-electron chi connectivity index (χ0n) is 17.4. The standard InChI is InChI=1S/C23H20N4O2S3/c1-14-19(22-25-21(26-29-22)18-6-4-12-32-18)20(15-7-9-17(31-2)10-8-15)24-23(30)27(14)13-16-5-3-11-28-16/h3-12,20H,13H2,1-2H3,(H,24,30). The Kier molecular flexibility index (Phi) is 5.86. The Balaban J connectivity index is 1.59. The summed E-state index contributed by atoms with van der Waals surface area (Å²) in [5, 5.41) is 10.3. The van der Waals surface area contributed by atoms with Crippen LogP contribution >= 0.6 is 35.3 Å². The maximum Gasteiger partial charge on any atom is 0.258 e. The molecule has 9 heteroatoms. The van der Waals surface area contributed by atoms with Crippen molar-refractivity contribution in [3.63, 3.8) is 0 Å². The summed E-state index contributed by atoms with van der Waals surface area (Å²) < 4.78 is 11.3. The lowest BCUT2D eigenvalue weighted by molar-refractivity contribution is 0.383.